The van der Waals surface area contributed by atoms with Gasteiger partial charge in [0.25, 0.3) is 0 Å². The molecule has 2 nitrogen and oxygen atoms in total. The van der Waals surface area contributed by atoms with E-state index in [0.29, 0.717) is 6.04 Å². The minimum Gasteiger partial charge on any atom is -0.338 e. The van der Waals surface area contributed by atoms with Crippen molar-refractivity contribution in [3.05, 3.63) is 140 Å². The number of rotatable bonds is 4. The highest BCUT2D eigenvalue weighted by molar-refractivity contribution is 6.12. The van der Waals surface area contributed by atoms with Crippen molar-refractivity contribution >= 4 is 43.6 Å². The third-order valence-corrected chi connectivity index (χ3v) is 8.44. The van der Waals surface area contributed by atoms with Crippen LogP contribution < -0.4 is 0 Å². The fourth-order valence-electron chi connectivity index (χ4n) is 6.62. The van der Waals surface area contributed by atoms with E-state index in [0.717, 1.165) is 0 Å². The van der Waals surface area contributed by atoms with Crippen molar-refractivity contribution in [3.8, 4) is 27.9 Å². The van der Waals surface area contributed by atoms with Gasteiger partial charge in [-0.05, 0) is 84.6 Å². The fourth-order valence-corrected chi connectivity index (χ4v) is 6.62. The molecule has 0 aliphatic carbocycles. The molecule has 6 aromatic carbocycles. The summed E-state index contributed by atoms with van der Waals surface area (Å²) in [6.45, 7) is 4.53. The highest BCUT2D eigenvalue weighted by Crippen LogP contribution is 2.38. The molecule has 0 unspecified atom stereocenters. The summed E-state index contributed by atoms with van der Waals surface area (Å²) in [5.74, 6) is 0. The van der Waals surface area contributed by atoms with Gasteiger partial charge in [0.2, 0.25) is 0 Å². The van der Waals surface area contributed by atoms with E-state index in [-0.39, 0.29) is 0 Å². The van der Waals surface area contributed by atoms with E-state index in [2.05, 4.69) is 163 Å². The van der Waals surface area contributed by atoms with Crippen molar-refractivity contribution in [2.24, 2.45) is 0 Å². The molecule has 0 atom stereocenters. The Morgan fingerprint density at radius 2 is 0.902 bits per heavy atom. The van der Waals surface area contributed by atoms with Gasteiger partial charge in [0.05, 0.1) is 11.0 Å². The number of hydrogen-bond donors (Lipinski definition) is 0. The third kappa shape index (κ3) is 3.72. The van der Waals surface area contributed by atoms with Crippen LogP contribution in [0.3, 0.4) is 0 Å². The van der Waals surface area contributed by atoms with Crippen molar-refractivity contribution in [3.63, 3.8) is 0 Å². The van der Waals surface area contributed by atoms with Gasteiger partial charge in [-0.1, -0.05) is 91.0 Å². The Morgan fingerprint density at radius 1 is 0.390 bits per heavy atom. The number of benzene rings is 6. The van der Waals surface area contributed by atoms with Crippen LogP contribution in [0, 0.1) is 0 Å². The van der Waals surface area contributed by atoms with Crippen LogP contribution in [0.5, 0.6) is 0 Å². The van der Waals surface area contributed by atoms with Crippen LogP contribution in [0.2, 0.25) is 0 Å². The summed E-state index contributed by atoms with van der Waals surface area (Å²) in [7, 11) is 0. The van der Waals surface area contributed by atoms with E-state index >= 15 is 0 Å². The molecule has 0 bridgehead atoms. The molecule has 0 radical (unpaired) electrons. The van der Waals surface area contributed by atoms with Gasteiger partial charge in [-0.2, -0.15) is 0 Å². The Kier molecular flexibility index (Phi) is 5.36. The number of para-hydroxylation sites is 2. The zero-order valence-electron chi connectivity index (χ0n) is 23.3. The van der Waals surface area contributed by atoms with E-state index < -0.39 is 0 Å². The molecule has 8 aromatic rings. The van der Waals surface area contributed by atoms with Gasteiger partial charge in [-0.3, -0.25) is 0 Å². The van der Waals surface area contributed by atoms with Crippen molar-refractivity contribution in [1.29, 1.82) is 0 Å². The molecular formula is C39H30N2. The predicted octanol–water partition coefficient (Wildman–Crippen LogP) is 10.8. The predicted molar refractivity (Wildman–Crippen MR) is 175 cm³/mol. The zero-order chi connectivity index (χ0) is 27.5. The average molecular weight is 527 g/mol. The van der Waals surface area contributed by atoms with Crippen LogP contribution in [0.25, 0.3) is 71.6 Å². The average Bonchev–Trinajstić information content (AvgIpc) is 3.54. The Labute approximate surface area is 239 Å². The first-order valence-electron chi connectivity index (χ1n) is 14.4. The van der Waals surface area contributed by atoms with Crippen molar-refractivity contribution in [2.75, 3.05) is 0 Å². The highest BCUT2D eigenvalue weighted by Gasteiger charge is 2.16. The van der Waals surface area contributed by atoms with Crippen molar-refractivity contribution < 1.29 is 0 Å². The van der Waals surface area contributed by atoms with Crippen LogP contribution in [-0.2, 0) is 0 Å². The number of nitrogens with zero attached hydrogens (tertiary/aromatic N) is 2. The van der Waals surface area contributed by atoms with Crippen LogP contribution in [0.4, 0.5) is 0 Å². The molecule has 0 aliphatic rings. The standard InChI is InChI=1S/C39H30N2/c1-26(2)40-36-17-8-6-15-32(36)34-24-29(19-21-38(34)40)30-20-22-39-35(25-30)33-16-7-9-18-37(33)41(39)31-14-10-13-28(23-31)27-11-4-3-5-12-27/h3-26H,1-2H3. The van der Waals surface area contributed by atoms with Crippen molar-refractivity contribution in [1.82, 2.24) is 9.13 Å². The lowest BCUT2D eigenvalue weighted by Crippen LogP contribution is -1.99. The molecule has 196 valence electrons. The topological polar surface area (TPSA) is 9.86 Å². The maximum atomic E-state index is 2.45. The summed E-state index contributed by atoms with van der Waals surface area (Å²) >= 11 is 0. The normalized spacial score (nSPS) is 11.9. The molecule has 0 aliphatic heterocycles. The van der Waals surface area contributed by atoms with Crippen LogP contribution in [-0.4, -0.2) is 9.13 Å². The summed E-state index contributed by atoms with van der Waals surface area (Å²) in [5, 5.41) is 5.17. The van der Waals surface area contributed by atoms with Gasteiger partial charge >= 0.3 is 0 Å². The highest BCUT2D eigenvalue weighted by atomic mass is 15.0. The second-order valence-electron chi connectivity index (χ2n) is 11.2. The summed E-state index contributed by atoms with van der Waals surface area (Å²) in [6.07, 6.45) is 0. The monoisotopic (exact) mass is 526 g/mol. The summed E-state index contributed by atoms with van der Waals surface area (Å²) in [6, 6.07) is 51.3. The molecule has 2 aromatic heterocycles. The van der Waals surface area contributed by atoms with Gasteiger partial charge < -0.3 is 9.13 Å². The van der Waals surface area contributed by atoms with E-state index in [1.165, 1.54) is 71.6 Å². The third-order valence-electron chi connectivity index (χ3n) is 8.44. The van der Waals surface area contributed by atoms with Gasteiger partial charge in [-0.15, -0.1) is 0 Å². The summed E-state index contributed by atoms with van der Waals surface area (Å²) in [4.78, 5) is 0. The lowest BCUT2D eigenvalue weighted by atomic mass is 10.0. The first-order valence-corrected chi connectivity index (χ1v) is 14.4. The van der Waals surface area contributed by atoms with Crippen LogP contribution in [0.15, 0.2) is 140 Å². The fraction of sp³-hybridized carbons (Fsp3) is 0.0769. The smallest absolute Gasteiger partial charge is 0.0541 e. The van der Waals surface area contributed by atoms with Gasteiger partial charge in [0.1, 0.15) is 0 Å². The van der Waals surface area contributed by atoms with Crippen LogP contribution >= 0.6 is 0 Å². The lowest BCUT2D eigenvalue weighted by molar-refractivity contribution is 0.642. The molecule has 0 amide bonds. The molecule has 0 fully saturated rings. The maximum Gasteiger partial charge on any atom is 0.0541 e. The quantitative estimate of drug-likeness (QED) is 0.216. The molecule has 2 heteroatoms. The Morgan fingerprint density at radius 3 is 1.63 bits per heavy atom. The lowest BCUT2D eigenvalue weighted by Gasteiger charge is -2.12. The number of aromatic nitrogens is 2. The largest absolute Gasteiger partial charge is 0.338 e. The number of hydrogen-bond acceptors (Lipinski definition) is 0. The first kappa shape index (κ1) is 23.8. The summed E-state index contributed by atoms with van der Waals surface area (Å²) in [5.41, 5.74) is 11.1. The van der Waals surface area contributed by atoms with E-state index in [9.17, 15) is 0 Å². The van der Waals surface area contributed by atoms with Gasteiger partial charge in [0.15, 0.2) is 0 Å². The molecule has 8 rings (SSSR count). The second-order valence-corrected chi connectivity index (χ2v) is 11.2. The second kappa shape index (κ2) is 9.25. The van der Waals surface area contributed by atoms with E-state index in [4.69, 9.17) is 0 Å². The van der Waals surface area contributed by atoms with Crippen LogP contribution in [0.1, 0.15) is 19.9 Å². The zero-order valence-corrected chi connectivity index (χ0v) is 23.3. The minimum absolute atomic E-state index is 0.395. The molecule has 0 saturated carbocycles. The van der Waals surface area contributed by atoms with Crippen molar-refractivity contribution in [2.45, 2.75) is 19.9 Å². The van der Waals surface area contributed by atoms with E-state index in [1.807, 2.05) is 0 Å². The molecular weight excluding hydrogens is 496 g/mol. The molecule has 41 heavy (non-hydrogen) atoms. The van der Waals surface area contributed by atoms with E-state index in [1.54, 1.807) is 0 Å². The molecule has 2 heterocycles. The van der Waals surface area contributed by atoms with Gasteiger partial charge in [0, 0.05) is 44.3 Å². The number of fused-ring (bicyclic) bond motifs is 6. The molecule has 0 saturated heterocycles. The minimum atomic E-state index is 0.395. The Bertz CT molecular complexity index is 2230. The Balaban J connectivity index is 1.32. The first-order chi connectivity index (χ1) is 20.2. The Hall–Kier alpha value is -5.08. The molecule has 0 N–H and O–H groups in total. The summed E-state index contributed by atoms with van der Waals surface area (Å²) < 4.78 is 4.86. The SMILES string of the molecule is CC(C)n1c2ccccc2c2cc(-c3ccc4c(c3)c3ccccc3n4-c3cccc(-c4ccccc4)c3)ccc21. The maximum absolute atomic E-state index is 2.45. The molecule has 0 spiro atoms. The van der Waals surface area contributed by atoms with Gasteiger partial charge in [-0.25, -0.2) is 0 Å².